The highest BCUT2D eigenvalue weighted by molar-refractivity contribution is 5.94. The van der Waals surface area contributed by atoms with Gasteiger partial charge in [0, 0.05) is 30.6 Å². The average molecular weight is 377 g/mol. The Morgan fingerprint density at radius 1 is 0.929 bits per heavy atom. The summed E-state index contributed by atoms with van der Waals surface area (Å²) in [6.07, 6.45) is 5.69. The van der Waals surface area contributed by atoms with Crippen molar-refractivity contribution in [3.05, 3.63) is 70.8 Å². The zero-order chi connectivity index (χ0) is 19.5. The van der Waals surface area contributed by atoms with Gasteiger partial charge in [-0.05, 0) is 62.3 Å². The lowest BCUT2D eigenvalue weighted by atomic mass is 10.1. The van der Waals surface area contributed by atoms with Gasteiger partial charge in [-0.3, -0.25) is 9.59 Å². The second-order valence-electron chi connectivity index (χ2n) is 8.18. The number of amides is 2. The summed E-state index contributed by atoms with van der Waals surface area (Å²) in [5.74, 6) is 0.223. The van der Waals surface area contributed by atoms with Gasteiger partial charge >= 0.3 is 0 Å². The van der Waals surface area contributed by atoms with E-state index in [1.165, 1.54) is 11.1 Å². The molecule has 0 saturated heterocycles. The number of hydrogen-bond donors (Lipinski definition) is 1. The van der Waals surface area contributed by atoms with Crippen LogP contribution in [0, 0.1) is 6.92 Å². The lowest BCUT2D eigenvalue weighted by Crippen LogP contribution is -2.32. The maximum atomic E-state index is 12.8. The minimum atomic E-state index is 0.00210. The Kier molecular flexibility index (Phi) is 5.47. The topological polar surface area (TPSA) is 49.4 Å². The average Bonchev–Trinajstić information content (AvgIpc) is 3.60. The van der Waals surface area contributed by atoms with Gasteiger partial charge < -0.3 is 10.2 Å². The first-order valence-corrected chi connectivity index (χ1v) is 10.3. The molecule has 0 heterocycles. The highest BCUT2D eigenvalue weighted by atomic mass is 16.2. The fraction of sp³-hybridized carbons (Fsp3) is 0.417. The van der Waals surface area contributed by atoms with E-state index < -0.39 is 0 Å². The summed E-state index contributed by atoms with van der Waals surface area (Å²) in [5, 5.41) is 3.01. The molecule has 0 aromatic heterocycles. The second-order valence-corrected chi connectivity index (χ2v) is 8.18. The molecule has 0 aliphatic heterocycles. The van der Waals surface area contributed by atoms with Gasteiger partial charge in [-0.15, -0.1) is 0 Å². The first-order chi connectivity index (χ1) is 13.6. The normalized spacial score (nSPS) is 15.9. The molecule has 2 aliphatic carbocycles. The Labute approximate surface area is 166 Å². The zero-order valence-electron chi connectivity index (χ0n) is 16.5. The van der Waals surface area contributed by atoms with E-state index in [1.807, 2.05) is 29.2 Å². The van der Waals surface area contributed by atoms with E-state index in [0.717, 1.165) is 37.7 Å². The van der Waals surface area contributed by atoms with Crippen LogP contribution in [0.15, 0.2) is 48.5 Å². The van der Waals surface area contributed by atoms with E-state index in [9.17, 15) is 9.59 Å². The van der Waals surface area contributed by atoms with Crippen molar-refractivity contribution >= 4 is 11.8 Å². The molecule has 1 N–H and O–H groups in total. The number of hydrogen-bond acceptors (Lipinski definition) is 2. The predicted molar refractivity (Wildman–Crippen MR) is 110 cm³/mol. The first-order valence-electron chi connectivity index (χ1n) is 10.3. The summed E-state index contributed by atoms with van der Waals surface area (Å²) in [6, 6.07) is 16.8. The zero-order valence-corrected chi connectivity index (χ0v) is 16.5. The highest BCUT2D eigenvalue weighted by Crippen LogP contribution is 2.29. The van der Waals surface area contributed by atoms with E-state index >= 15 is 0 Å². The summed E-state index contributed by atoms with van der Waals surface area (Å²) in [4.78, 5) is 27.0. The summed E-state index contributed by atoms with van der Waals surface area (Å²) in [7, 11) is 0. The Bertz CT molecular complexity index is 834. The number of carbonyl (C=O) groups is 2. The van der Waals surface area contributed by atoms with Crippen LogP contribution in [0.4, 0.5) is 0 Å². The van der Waals surface area contributed by atoms with Crippen LogP contribution in [-0.4, -0.2) is 28.8 Å². The number of benzene rings is 2. The van der Waals surface area contributed by atoms with Crippen molar-refractivity contribution < 1.29 is 9.59 Å². The SMILES string of the molecule is Cc1ccc(CCC(=O)N(Cc2ccc(C(=O)NC3CC3)cc2)C2CC2)cc1. The number of rotatable bonds is 8. The molecule has 4 nitrogen and oxygen atoms in total. The van der Waals surface area contributed by atoms with Crippen molar-refractivity contribution in [3.8, 4) is 0 Å². The molecule has 4 heteroatoms. The highest BCUT2D eigenvalue weighted by Gasteiger charge is 2.32. The van der Waals surface area contributed by atoms with Gasteiger partial charge in [-0.25, -0.2) is 0 Å². The van der Waals surface area contributed by atoms with Gasteiger partial charge in [0.25, 0.3) is 5.91 Å². The van der Waals surface area contributed by atoms with Crippen LogP contribution < -0.4 is 5.32 Å². The van der Waals surface area contributed by atoms with Gasteiger partial charge in [-0.1, -0.05) is 42.0 Å². The third-order valence-electron chi connectivity index (χ3n) is 5.54. The largest absolute Gasteiger partial charge is 0.349 e. The Morgan fingerprint density at radius 2 is 1.57 bits per heavy atom. The van der Waals surface area contributed by atoms with Crippen molar-refractivity contribution in [2.45, 2.75) is 64.1 Å². The lowest BCUT2D eigenvalue weighted by Gasteiger charge is -2.23. The van der Waals surface area contributed by atoms with Crippen molar-refractivity contribution in [1.82, 2.24) is 10.2 Å². The molecular weight excluding hydrogens is 348 g/mol. The molecule has 2 aromatic carbocycles. The quantitative estimate of drug-likeness (QED) is 0.757. The number of nitrogens with one attached hydrogen (secondary N) is 1. The molecule has 0 bridgehead atoms. The molecule has 2 aliphatic rings. The van der Waals surface area contributed by atoms with Gasteiger partial charge in [0.05, 0.1) is 0 Å². The molecule has 2 saturated carbocycles. The number of carbonyl (C=O) groups excluding carboxylic acids is 2. The Balaban J connectivity index is 1.34. The molecule has 0 atom stereocenters. The van der Waals surface area contributed by atoms with Crippen LogP contribution in [0.1, 0.15) is 59.2 Å². The van der Waals surface area contributed by atoms with Crippen LogP contribution in [0.3, 0.4) is 0 Å². The van der Waals surface area contributed by atoms with Gasteiger partial charge in [0.2, 0.25) is 5.91 Å². The van der Waals surface area contributed by atoms with E-state index in [2.05, 4.69) is 36.5 Å². The molecule has 0 unspecified atom stereocenters. The van der Waals surface area contributed by atoms with Crippen molar-refractivity contribution in [2.75, 3.05) is 0 Å². The molecule has 2 aromatic rings. The fourth-order valence-corrected chi connectivity index (χ4v) is 3.41. The summed E-state index contributed by atoms with van der Waals surface area (Å²) >= 11 is 0. The van der Waals surface area contributed by atoms with Crippen molar-refractivity contribution in [1.29, 1.82) is 0 Å². The predicted octanol–water partition coefficient (Wildman–Crippen LogP) is 4.01. The summed E-state index contributed by atoms with van der Waals surface area (Å²) in [5.41, 5.74) is 4.22. The van der Waals surface area contributed by atoms with E-state index in [4.69, 9.17) is 0 Å². The number of nitrogens with zero attached hydrogens (tertiary/aromatic N) is 1. The van der Waals surface area contributed by atoms with E-state index in [-0.39, 0.29) is 11.8 Å². The molecule has 2 amide bonds. The van der Waals surface area contributed by atoms with Crippen LogP contribution >= 0.6 is 0 Å². The van der Waals surface area contributed by atoms with Crippen LogP contribution in [0.5, 0.6) is 0 Å². The van der Waals surface area contributed by atoms with E-state index in [0.29, 0.717) is 30.6 Å². The maximum Gasteiger partial charge on any atom is 0.251 e. The van der Waals surface area contributed by atoms with Crippen LogP contribution in [0.25, 0.3) is 0 Å². The molecule has 0 spiro atoms. The molecule has 28 heavy (non-hydrogen) atoms. The Hall–Kier alpha value is -2.62. The standard InChI is InChI=1S/C24H28N2O2/c1-17-2-4-18(5-3-17)8-15-23(27)26(22-13-14-22)16-19-6-9-20(10-7-19)24(28)25-21-11-12-21/h2-7,9-10,21-22H,8,11-16H2,1H3,(H,25,28). The van der Waals surface area contributed by atoms with Gasteiger partial charge in [0.1, 0.15) is 0 Å². The molecule has 0 radical (unpaired) electrons. The molecule has 2 fully saturated rings. The molecule has 4 rings (SSSR count). The second kappa shape index (κ2) is 8.17. The minimum Gasteiger partial charge on any atom is -0.349 e. The number of aryl methyl sites for hydroxylation is 2. The maximum absolute atomic E-state index is 12.8. The first kappa shape index (κ1) is 18.7. The third-order valence-corrected chi connectivity index (χ3v) is 5.54. The van der Waals surface area contributed by atoms with Crippen molar-refractivity contribution in [3.63, 3.8) is 0 Å². The van der Waals surface area contributed by atoms with Gasteiger partial charge in [-0.2, -0.15) is 0 Å². The third kappa shape index (κ3) is 5.00. The molecular formula is C24H28N2O2. The smallest absolute Gasteiger partial charge is 0.251 e. The molecule has 146 valence electrons. The van der Waals surface area contributed by atoms with Crippen molar-refractivity contribution in [2.24, 2.45) is 0 Å². The fourth-order valence-electron chi connectivity index (χ4n) is 3.41. The summed E-state index contributed by atoms with van der Waals surface area (Å²) in [6.45, 7) is 2.70. The van der Waals surface area contributed by atoms with Crippen LogP contribution in [0.2, 0.25) is 0 Å². The van der Waals surface area contributed by atoms with E-state index in [1.54, 1.807) is 0 Å². The monoisotopic (exact) mass is 376 g/mol. The minimum absolute atomic E-state index is 0.00210. The van der Waals surface area contributed by atoms with Crippen LogP contribution in [-0.2, 0) is 17.8 Å². The summed E-state index contributed by atoms with van der Waals surface area (Å²) < 4.78 is 0. The lowest BCUT2D eigenvalue weighted by molar-refractivity contribution is -0.132. The van der Waals surface area contributed by atoms with Gasteiger partial charge in [0.15, 0.2) is 0 Å². The Morgan fingerprint density at radius 3 is 2.18 bits per heavy atom.